The number of carboxylic acids is 1. The molecular weight excluding hydrogens is 298 g/mol. The lowest BCUT2D eigenvalue weighted by Crippen LogP contribution is -2.52. The first kappa shape index (κ1) is 15.2. The van der Waals surface area contributed by atoms with E-state index in [2.05, 4.69) is 5.10 Å². The summed E-state index contributed by atoms with van der Waals surface area (Å²) in [7, 11) is 0. The summed E-state index contributed by atoms with van der Waals surface area (Å²) in [4.78, 5) is 25.2. The second-order valence-corrected chi connectivity index (χ2v) is 5.44. The predicted octanol–water partition coefficient (Wildman–Crippen LogP) is 1.11. The summed E-state index contributed by atoms with van der Waals surface area (Å²) in [6.45, 7) is 2.59. The van der Waals surface area contributed by atoms with Crippen LogP contribution in [0.5, 0.6) is 0 Å². The van der Waals surface area contributed by atoms with Gasteiger partial charge in [0.1, 0.15) is 0 Å². The molecule has 23 heavy (non-hydrogen) atoms. The van der Waals surface area contributed by atoms with E-state index in [1.165, 1.54) is 4.90 Å². The van der Waals surface area contributed by atoms with Crippen LogP contribution in [0.15, 0.2) is 36.7 Å². The van der Waals surface area contributed by atoms with Crippen molar-refractivity contribution >= 4 is 11.9 Å². The van der Waals surface area contributed by atoms with Gasteiger partial charge in [0.2, 0.25) is 0 Å². The number of carbonyl (C=O) groups is 2. The summed E-state index contributed by atoms with van der Waals surface area (Å²) < 4.78 is 6.87. The molecule has 7 nitrogen and oxygen atoms in total. The lowest BCUT2D eigenvalue weighted by atomic mass is 10.1. The van der Waals surface area contributed by atoms with Gasteiger partial charge < -0.3 is 14.7 Å². The molecule has 1 saturated heterocycles. The average molecular weight is 315 g/mol. The quantitative estimate of drug-likeness (QED) is 0.917. The van der Waals surface area contributed by atoms with Crippen molar-refractivity contribution in [1.29, 1.82) is 0 Å². The van der Waals surface area contributed by atoms with Crippen molar-refractivity contribution < 1.29 is 19.4 Å². The maximum atomic E-state index is 12.6. The SMILES string of the molecule is Cc1cnn(-c2ccc(C(=O)N3CCOC[C@H]3C(=O)O)cc2)c1. The van der Waals surface area contributed by atoms with Crippen LogP contribution < -0.4 is 0 Å². The van der Waals surface area contributed by atoms with Gasteiger partial charge in [0.05, 0.1) is 25.1 Å². The number of hydrogen-bond acceptors (Lipinski definition) is 4. The number of aryl methyl sites for hydroxylation is 1. The maximum Gasteiger partial charge on any atom is 0.328 e. The summed E-state index contributed by atoms with van der Waals surface area (Å²) in [6.07, 6.45) is 3.64. The molecule has 1 aliphatic rings. The number of benzene rings is 1. The predicted molar refractivity (Wildman–Crippen MR) is 81.6 cm³/mol. The van der Waals surface area contributed by atoms with E-state index in [0.717, 1.165) is 11.3 Å². The van der Waals surface area contributed by atoms with Crippen molar-refractivity contribution in [1.82, 2.24) is 14.7 Å². The Balaban J connectivity index is 1.80. The molecule has 1 aromatic carbocycles. The smallest absolute Gasteiger partial charge is 0.328 e. The van der Waals surface area contributed by atoms with E-state index < -0.39 is 12.0 Å². The van der Waals surface area contributed by atoms with Crippen molar-refractivity contribution in [2.45, 2.75) is 13.0 Å². The van der Waals surface area contributed by atoms with Gasteiger partial charge in [-0.3, -0.25) is 4.79 Å². The minimum absolute atomic E-state index is 0.0196. The van der Waals surface area contributed by atoms with Gasteiger partial charge in [-0.15, -0.1) is 0 Å². The number of nitrogens with zero attached hydrogens (tertiary/aromatic N) is 3. The van der Waals surface area contributed by atoms with Gasteiger partial charge in [0.15, 0.2) is 6.04 Å². The molecule has 1 aromatic heterocycles. The van der Waals surface area contributed by atoms with Gasteiger partial charge in [-0.2, -0.15) is 5.10 Å². The van der Waals surface area contributed by atoms with E-state index in [1.54, 1.807) is 35.1 Å². The van der Waals surface area contributed by atoms with Crippen LogP contribution in [0.2, 0.25) is 0 Å². The summed E-state index contributed by atoms with van der Waals surface area (Å²) >= 11 is 0. The molecule has 2 heterocycles. The molecule has 7 heteroatoms. The second kappa shape index (κ2) is 6.21. The van der Waals surface area contributed by atoms with E-state index in [0.29, 0.717) is 12.2 Å². The Morgan fingerprint density at radius 3 is 2.65 bits per heavy atom. The molecule has 1 amide bonds. The molecule has 2 aromatic rings. The Hall–Kier alpha value is -2.67. The van der Waals surface area contributed by atoms with Crippen LogP contribution in [-0.2, 0) is 9.53 Å². The molecule has 120 valence electrons. The van der Waals surface area contributed by atoms with Gasteiger partial charge in [-0.1, -0.05) is 0 Å². The number of hydrogen-bond donors (Lipinski definition) is 1. The zero-order chi connectivity index (χ0) is 16.4. The number of morpholine rings is 1. The third kappa shape index (κ3) is 3.09. The summed E-state index contributed by atoms with van der Waals surface area (Å²) in [5.41, 5.74) is 2.33. The van der Waals surface area contributed by atoms with E-state index in [9.17, 15) is 14.7 Å². The number of ether oxygens (including phenoxy) is 1. The first-order chi connectivity index (χ1) is 11.1. The molecule has 3 rings (SSSR count). The lowest BCUT2D eigenvalue weighted by Gasteiger charge is -2.32. The molecule has 0 spiro atoms. The average Bonchev–Trinajstić information content (AvgIpc) is 3.01. The zero-order valence-electron chi connectivity index (χ0n) is 12.7. The van der Waals surface area contributed by atoms with Crippen molar-refractivity contribution in [3.8, 4) is 5.69 Å². The number of aliphatic carboxylic acids is 1. The van der Waals surface area contributed by atoms with E-state index in [1.807, 2.05) is 13.1 Å². The molecule has 1 N–H and O–H groups in total. The van der Waals surface area contributed by atoms with Gasteiger partial charge in [0, 0.05) is 18.3 Å². The highest BCUT2D eigenvalue weighted by Gasteiger charge is 2.33. The van der Waals surface area contributed by atoms with Crippen molar-refractivity contribution in [3.63, 3.8) is 0 Å². The fraction of sp³-hybridized carbons (Fsp3) is 0.312. The maximum absolute atomic E-state index is 12.6. The van der Waals surface area contributed by atoms with E-state index in [4.69, 9.17) is 4.74 Å². The Kier molecular flexibility index (Phi) is 4.12. The monoisotopic (exact) mass is 315 g/mol. The van der Waals surface area contributed by atoms with Crippen molar-refractivity contribution in [2.24, 2.45) is 0 Å². The third-order valence-electron chi connectivity index (χ3n) is 3.76. The van der Waals surface area contributed by atoms with E-state index >= 15 is 0 Å². The second-order valence-electron chi connectivity index (χ2n) is 5.44. The topological polar surface area (TPSA) is 84.7 Å². The third-order valence-corrected chi connectivity index (χ3v) is 3.76. The first-order valence-electron chi connectivity index (χ1n) is 7.29. The van der Waals surface area contributed by atoms with Gasteiger partial charge >= 0.3 is 5.97 Å². The molecule has 1 fully saturated rings. The van der Waals surface area contributed by atoms with Gasteiger partial charge in [-0.05, 0) is 36.8 Å². The molecule has 0 unspecified atom stereocenters. The summed E-state index contributed by atoms with van der Waals surface area (Å²) in [5, 5.41) is 13.4. The fourth-order valence-electron chi connectivity index (χ4n) is 2.53. The standard InChI is InChI=1S/C16H17N3O4/c1-11-8-17-19(9-11)13-4-2-12(3-5-13)15(20)18-6-7-23-10-14(18)16(21)22/h2-5,8-9,14H,6-7,10H2,1H3,(H,21,22)/t14-/m0/s1. The van der Waals surface area contributed by atoms with Crippen molar-refractivity contribution in [2.75, 3.05) is 19.8 Å². The molecule has 1 aliphatic heterocycles. The largest absolute Gasteiger partial charge is 0.480 e. The summed E-state index contributed by atoms with van der Waals surface area (Å²) in [5.74, 6) is -1.36. The van der Waals surface area contributed by atoms with Crippen LogP contribution in [0.3, 0.4) is 0 Å². The van der Waals surface area contributed by atoms with Crippen LogP contribution in [0.1, 0.15) is 15.9 Å². The number of carbonyl (C=O) groups excluding carboxylic acids is 1. The Morgan fingerprint density at radius 2 is 2.04 bits per heavy atom. The highest BCUT2D eigenvalue weighted by Crippen LogP contribution is 2.15. The number of rotatable bonds is 3. The Morgan fingerprint density at radius 1 is 1.30 bits per heavy atom. The minimum Gasteiger partial charge on any atom is -0.480 e. The highest BCUT2D eigenvalue weighted by molar-refractivity contribution is 5.96. The molecular formula is C16H17N3O4. The zero-order valence-corrected chi connectivity index (χ0v) is 12.7. The van der Waals surface area contributed by atoms with Crippen molar-refractivity contribution in [3.05, 3.63) is 47.8 Å². The Labute approximate surface area is 133 Å². The van der Waals surface area contributed by atoms with Crippen LogP contribution in [0.4, 0.5) is 0 Å². The van der Waals surface area contributed by atoms with Crippen LogP contribution in [-0.4, -0.2) is 57.5 Å². The number of aromatic nitrogens is 2. The highest BCUT2D eigenvalue weighted by atomic mass is 16.5. The van der Waals surface area contributed by atoms with Gasteiger partial charge in [0.25, 0.3) is 5.91 Å². The minimum atomic E-state index is -1.05. The number of amides is 1. The lowest BCUT2D eigenvalue weighted by molar-refractivity contribution is -0.147. The normalized spacial score (nSPS) is 18.0. The number of carboxylic acid groups (broad SMARTS) is 1. The van der Waals surface area contributed by atoms with E-state index in [-0.39, 0.29) is 19.1 Å². The van der Waals surface area contributed by atoms with Gasteiger partial charge in [-0.25, -0.2) is 9.48 Å². The molecule has 0 aliphatic carbocycles. The molecule has 0 radical (unpaired) electrons. The van der Waals surface area contributed by atoms with Crippen LogP contribution in [0, 0.1) is 6.92 Å². The fourth-order valence-corrected chi connectivity index (χ4v) is 2.53. The first-order valence-corrected chi connectivity index (χ1v) is 7.29. The Bertz CT molecular complexity index is 723. The summed E-state index contributed by atoms with van der Waals surface area (Å²) in [6, 6.07) is 6.00. The molecule has 1 atom stereocenters. The van der Waals surface area contributed by atoms with Crippen LogP contribution >= 0.6 is 0 Å². The van der Waals surface area contributed by atoms with Crippen LogP contribution in [0.25, 0.3) is 5.69 Å². The molecule has 0 bridgehead atoms. The molecule has 0 saturated carbocycles.